The minimum Gasteiger partial charge on any atom is -0.398 e. The Kier molecular flexibility index (Phi) is 5.30. The number of carbonyl (C=O) groups is 1. The van der Waals surface area contributed by atoms with Gasteiger partial charge >= 0.3 is 0 Å². The van der Waals surface area contributed by atoms with E-state index in [0.717, 1.165) is 10.4 Å². The normalized spacial score (nSPS) is 13.2. The number of sulfonamides is 1. The summed E-state index contributed by atoms with van der Waals surface area (Å²) in [7, 11) is -1.09. The monoisotopic (exact) mass is 317 g/mol. The molecule has 0 spiro atoms. The Bertz CT molecular complexity index is 623. The molecular weight excluding hydrogens is 297 g/mol. The molecule has 0 aliphatic heterocycles. The molecule has 0 aromatic heterocycles. The second kappa shape index (κ2) is 6.40. The number of anilines is 1. The van der Waals surface area contributed by atoms with Gasteiger partial charge in [-0.05, 0) is 19.1 Å². The topological polar surface area (TPSA) is 92.5 Å². The molecule has 1 amide bonds. The maximum atomic E-state index is 13.7. The lowest BCUT2D eigenvalue weighted by Crippen LogP contribution is -2.37. The number of hydrogen-bond donors (Lipinski definition) is 2. The smallest absolute Gasteiger partial charge is 0.243 e. The van der Waals surface area contributed by atoms with Gasteiger partial charge in [-0.3, -0.25) is 4.79 Å². The summed E-state index contributed by atoms with van der Waals surface area (Å²) in [4.78, 5) is 11.2. The zero-order valence-corrected chi connectivity index (χ0v) is 13.3. The average molecular weight is 317 g/mol. The molecule has 1 aromatic carbocycles. The van der Waals surface area contributed by atoms with Crippen LogP contribution in [-0.4, -0.2) is 39.3 Å². The van der Waals surface area contributed by atoms with E-state index >= 15 is 0 Å². The Hall–Kier alpha value is -1.67. The van der Waals surface area contributed by atoms with Crippen LogP contribution in [0.4, 0.5) is 10.1 Å². The van der Waals surface area contributed by atoms with Crippen LogP contribution in [0.3, 0.4) is 0 Å². The third-order valence-electron chi connectivity index (χ3n) is 3.29. The van der Waals surface area contributed by atoms with Gasteiger partial charge in [0.05, 0.1) is 4.90 Å². The molecule has 8 heteroatoms. The Morgan fingerprint density at radius 2 is 2.05 bits per heavy atom. The first kappa shape index (κ1) is 17.4. The fourth-order valence-electron chi connectivity index (χ4n) is 1.82. The first-order valence-electron chi connectivity index (χ1n) is 6.34. The van der Waals surface area contributed by atoms with Gasteiger partial charge in [-0.15, -0.1) is 0 Å². The van der Waals surface area contributed by atoms with Crippen molar-refractivity contribution in [2.75, 3.05) is 26.4 Å². The Morgan fingerprint density at radius 1 is 1.48 bits per heavy atom. The predicted molar refractivity (Wildman–Crippen MR) is 78.6 cm³/mol. The minimum absolute atomic E-state index is 0.0165. The van der Waals surface area contributed by atoms with Crippen molar-refractivity contribution in [2.24, 2.45) is 5.92 Å². The standard InChI is InChI=1S/C13H20FN3O3S/c1-8(13(18)16-3)7-17(4)21(19,20)10-5-11(14)9(2)12(15)6-10/h5-6,8H,7,15H2,1-4H3,(H,16,18). The van der Waals surface area contributed by atoms with Crippen molar-refractivity contribution in [3.63, 3.8) is 0 Å². The lowest BCUT2D eigenvalue weighted by molar-refractivity contribution is -0.124. The SMILES string of the molecule is CNC(=O)C(C)CN(C)S(=O)(=O)c1cc(N)c(C)c(F)c1. The molecular formula is C13H20FN3O3S. The summed E-state index contributed by atoms with van der Waals surface area (Å²) in [6.07, 6.45) is 0. The number of nitrogens with one attached hydrogen (secondary N) is 1. The van der Waals surface area contributed by atoms with Crippen LogP contribution in [0.2, 0.25) is 0 Å². The molecule has 0 saturated carbocycles. The second-order valence-corrected chi connectivity index (χ2v) is 6.97. The summed E-state index contributed by atoms with van der Waals surface area (Å²) in [6.45, 7) is 3.06. The van der Waals surface area contributed by atoms with Crippen molar-refractivity contribution >= 4 is 21.6 Å². The Morgan fingerprint density at radius 3 is 2.52 bits per heavy atom. The summed E-state index contributed by atoms with van der Waals surface area (Å²) in [5, 5.41) is 2.45. The first-order chi connectivity index (χ1) is 9.61. The molecule has 0 saturated heterocycles. The van der Waals surface area contributed by atoms with Crippen LogP contribution < -0.4 is 11.1 Å². The highest BCUT2D eigenvalue weighted by Crippen LogP contribution is 2.23. The number of rotatable bonds is 5. The van der Waals surface area contributed by atoms with Gasteiger partial charge < -0.3 is 11.1 Å². The van der Waals surface area contributed by atoms with Crippen LogP contribution in [0.5, 0.6) is 0 Å². The van der Waals surface area contributed by atoms with Gasteiger partial charge in [-0.2, -0.15) is 0 Å². The Labute approximate surface area is 124 Å². The molecule has 1 unspecified atom stereocenters. The molecule has 1 atom stereocenters. The van der Waals surface area contributed by atoms with E-state index in [1.807, 2.05) is 0 Å². The molecule has 1 rings (SSSR count). The quantitative estimate of drug-likeness (QED) is 0.783. The number of carbonyl (C=O) groups excluding carboxylic acids is 1. The second-order valence-electron chi connectivity index (χ2n) is 4.92. The predicted octanol–water partition coefficient (Wildman–Crippen LogP) is 0.719. The molecule has 3 N–H and O–H groups in total. The van der Waals surface area contributed by atoms with E-state index in [-0.39, 0.29) is 28.6 Å². The lowest BCUT2D eigenvalue weighted by Gasteiger charge is -2.21. The van der Waals surface area contributed by atoms with Crippen LogP contribution in [-0.2, 0) is 14.8 Å². The fourth-order valence-corrected chi connectivity index (χ4v) is 3.12. The molecule has 0 aliphatic carbocycles. The van der Waals surface area contributed by atoms with E-state index in [1.165, 1.54) is 27.1 Å². The third kappa shape index (κ3) is 3.70. The van der Waals surface area contributed by atoms with Crippen LogP contribution >= 0.6 is 0 Å². The number of benzene rings is 1. The van der Waals surface area contributed by atoms with Crippen LogP contribution in [0, 0.1) is 18.7 Å². The lowest BCUT2D eigenvalue weighted by atomic mass is 10.2. The zero-order chi connectivity index (χ0) is 16.4. The number of hydrogen-bond acceptors (Lipinski definition) is 4. The number of nitrogens with zero attached hydrogens (tertiary/aromatic N) is 1. The molecule has 21 heavy (non-hydrogen) atoms. The molecule has 0 radical (unpaired) electrons. The molecule has 6 nitrogen and oxygen atoms in total. The highest BCUT2D eigenvalue weighted by molar-refractivity contribution is 7.89. The Balaban J connectivity index is 3.08. The van der Waals surface area contributed by atoms with Gasteiger partial charge in [0.2, 0.25) is 15.9 Å². The van der Waals surface area contributed by atoms with Crippen molar-refractivity contribution in [1.29, 1.82) is 0 Å². The molecule has 0 aliphatic rings. The van der Waals surface area contributed by atoms with Crippen LogP contribution in [0.15, 0.2) is 17.0 Å². The summed E-state index contributed by atoms with van der Waals surface area (Å²) >= 11 is 0. The molecule has 118 valence electrons. The molecule has 0 fully saturated rings. The van der Waals surface area contributed by atoms with E-state index in [2.05, 4.69) is 5.32 Å². The van der Waals surface area contributed by atoms with E-state index in [4.69, 9.17) is 5.73 Å². The maximum absolute atomic E-state index is 13.7. The van der Waals surface area contributed by atoms with Gasteiger partial charge in [0.15, 0.2) is 0 Å². The van der Waals surface area contributed by atoms with Gasteiger partial charge in [0.1, 0.15) is 5.82 Å². The number of nitrogens with two attached hydrogens (primary N) is 1. The first-order valence-corrected chi connectivity index (χ1v) is 7.78. The zero-order valence-electron chi connectivity index (χ0n) is 12.5. The van der Waals surface area contributed by atoms with Crippen molar-refractivity contribution in [2.45, 2.75) is 18.7 Å². The summed E-state index contributed by atoms with van der Waals surface area (Å²) in [5.74, 6) is -1.48. The van der Waals surface area contributed by atoms with Crippen molar-refractivity contribution < 1.29 is 17.6 Å². The number of amides is 1. The van der Waals surface area contributed by atoms with Crippen molar-refractivity contribution in [1.82, 2.24) is 9.62 Å². The number of nitrogen functional groups attached to an aromatic ring is 1. The third-order valence-corrected chi connectivity index (χ3v) is 5.09. The summed E-state index contributed by atoms with van der Waals surface area (Å²) in [6, 6.07) is 2.15. The van der Waals surface area contributed by atoms with Gasteiger partial charge in [0, 0.05) is 37.8 Å². The van der Waals surface area contributed by atoms with E-state index < -0.39 is 21.8 Å². The molecule has 0 heterocycles. The molecule has 0 bridgehead atoms. The van der Waals surface area contributed by atoms with E-state index in [0.29, 0.717) is 0 Å². The number of halogens is 1. The minimum atomic E-state index is -3.90. The maximum Gasteiger partial charge on any atom is 0.243 e. The summed E-state index contributed by atoms with van der Waals surface area (Å²) in [5.41, 5.74) is 5.88. The van der Waals surface area contributed by atoms with Gasteiger partial charge in [0.25, 0.3) is 0 Å². The van der Waals surface area contributed by atoms with E-state index in [9.17, 15) is 17.6 Å². The van der Waals surface area contributed by atoms with Crippen LogP contribution in [0.1, 0.15) is 12.5 Å². The fraction of sp³-hybridized carbons (Fsp3) is 0.462. The van der Waals surface area contributed by atoms with E-state index in [1.54, 1.807) is 6.92 Å². The highest BCUT2D eigenvalue weighted by Gasteiger charge is 2.26. The largest absolute Gasteiger partial charge is 0.398 e. The van der Waals surface area contributed by atoms with Crippen molar-refractivity contribution in [3.05, 3.63) is 23.5 Å². The average Bonchev–Trinajstić information content (AvgIpc) is 2.42. The van der Waals surface area contributed by atoms with Gasteiger partial charge in [-0.25, -0.2) is 17.1 Å². The van der Waals surface area contributed by atoms with Gasteiger partial charge in [-0.1, -0.05) is 6.92 Å². The van der Waals surface area contributed by atoms with Crippen LogP contribution in [0.25, 0.3) is 0 Å². The highest BCUT2D eigenvalue weighted by atomic mass is 32.2. The summed E-state index contributed by atoms with van der Waals surface area (Å²) < 4.78 is 39.4. The molecule has 1 aromatic rings. The van der Waals surface area contributed by atoms with Crippen molar-refractivity contribution in [3.8, 4) is 0 Å².